The van der Waals surface area contributed by atoms with Crippen LogP contribution in [0.15, 0.2) is 36.7 Å². The fourth-order valence-electron chi connectivity index (χ4n) is 4.21. The van der Waals surface area contributed by atoms with Gasteiger partial charge in [0.15, 0.2) is 18.0 Å². The van der Waals surface area contributed by atoms with Crippen molar-refractivity contribution in [2.75, 3.05) is 41.4 Å². The smallest absolute Gasteiger partial charge is 0.254 e. The van der Waals surface area contributed by atoms with Crippen molar-refractivity contribution >= 4 is 28.8 Å². The second kappa shape index (κ2) is 11.6. The number of amides is 2. The van der Waals surface area contributed by atoms with Crippen LogP contribution in [0.4, 0.5) is 5.82 Å². The zero-order chi connectivity index (χ0) is 27.4. The van der Waals surface area contributed by atoms with Crippen molar-refractivity contribution in [3.63, 3.8) is 0 Å². The molecule has 1 saturated heterocycles. The summed E-state index contributed by atoms with van der Waals surface area (Å²) in [4.78, 5) is 41.2. The minimum Gasteiger partial charge on any atom is -0.480 e. The Morgan fingerprint density at radius 3 is 2.55 bits per heavy atom. The number of ether oxygens (including phenoxy) is 3. The van der Waals surface area contributed by atoms with Crippen LogP contribution >= 0.6 is 0 Å². The number of nitrogens with one attached hydrogen (secondary N) is 1. The Hall–Kier alpha value is -4.05. The van der Waals surface area contributed by atoms with Crippen molar-refractivity contribution in [1.29, 1.82) is 0 Å². The molecule has 0 unspecified atom stereocenters. The second-order valence-corrected chi connectivity index (χ2v) is 8.85. The summed E-state index contributed by atoms with van der Waals surface area (Å²) in [5.74, 6) is 5.30. The van der Waals surface area contributed by atoms with Gasteiger partial charge in [-0.3, -0.25) is 14.2 Å². The van der Waals surface area contributed by atoms with Crippen LogP contribution in [0.2, 0.25) is 0 Å². The number of nitrogens with zero attached hydrogens (tertiary/aromatic N) is 6. The van der Waals surface area contributed by atoms with Crippen LogP contribution in [0.3, 0.4) is 0 Å². The monoisotopic (exact) mass is 520 g/mol. The summed E-state index contributed by atoms with van der Waals surface area (Å²) >= 11 is 0. The maximum atomic E-state index is 12.8. The first-order valence-corrected chi connectivity index (χ1v) is 12.0. The zero-order valence-corrected chi connectivity index (χ0v) is 21.9. The van der Waals surface area contributed by atoms with E-state index in [0.29, 0.717) is 17.8 Å². The fourth-order valence-corrected chi connectivity index (χ4v) is 4.21. The van der Waals surface area contributed by atoms with Crippen LogP contribution in [0.25, 0.3) is 16.9 Å². The van der Waals surface area contributed by atoms with Crippen molar-refractivity contribution in [3.05, 3.63) is 53.8 Å². The van der Waals surface area contributed by atoms with Crippen molar-refractivity contribution in [2.24, 2.45) is 0 Å². The Balaban J connectivity index is 1.62. The number of fused-ring (bicyclic) bond motifs is 1. The number of rotatable bonds is 7. The van der Waals surface area contributed by atoms with Gasteiger partial charge in [0.05, 0.1) is 12.9 Å². The van der Waals surface area contributed by atoms with Crippen LogP contribution in [-0.4, -0.2) is 101 Å². The third-order valence-electron chi connectivity index (χ3n) is 6.08. The number of imidazole rings is 1. The Kier molecular flexibility index (Phi) is 8.21. The summed E-state index contributed by atoms with van der Waals surface area (Å²) in [6.45, 7) is 2.34. The van der Waals surface area contributed by atoms with Crippen LogP contribution in [-0.2, 0) is 19.0 Å². The van der Waals surface area contributed by atoms with Crippen molar-refractivity contribution in [3.8, 4) is 11.8 Å². The van der Waals surface area contributed by atoms with Gasteiger partial charge in [0.1, 0.15) is 23.5 Å². The van der Waals surface area contributed by atoms with Crippen molar-refractivity contribution in [2.45, 2.75) is 31.5 Å². The molecule has 38 heavy (non-hydrogen) atoms. The lowest BCUT2D eigenvalue weighted by atomic mass is 10.1. The molecule has 0 spiro atoms. The molecular weight excluding hydrogens is 490 g/mol. The van der Waals surface area contributed by atoms with Gasteiger partial charge in [0.2, 0.25) is 0 Å². The van der Waals surface area contributed by atoms with E-state index in [4.69, 9.17) is 19.9 Å². The maximum Gasteiger partial charge on any atom is 0.254 e. The summed E-state index contributed by atoms with van der Waals surface area (Å²) in [6, 6.07) is 8.91. The predicted molar refractivity (Wildman–Crippen MR) is 138 cm³/mol. The molecule has 12 nitrogen and oxygen atoms in total. The van der Waals surface area contributed by atoms with Gasteiger partial charge in [-0.05, 0) is 30.8 Å². The third kappa shape index (κ3) is 5.31. The number of hydrogen-bond donors (Lipinski definition) is 0. The minimum absolute atomic E-state index is 0.0963. The highest BCUT2D eigenvalue weighted by molar-refractivity contribution is 5.94. The maximum absolute atomic E-state index is 12.8. The Morgan fingerprint density at radius 1 is 1.16 bits per heavy atom. The van der Waals surface area contributed by atoms with Gasteiger partial charge in [0.25, 0.3) is 11.8 Å². The van der Waals surface area contributed by atoms with Gasteiger partial charge in [-0.25, -0.2) is 9.97 Å². The summed E-state index contributed by atoms with van der Waals surface area (Å²) in [5, 5.41) is 0. The molecular formula is C26H30N7O5-. The SMILES string of the molecule is CCO[C@H]1[C@@H](OC)[C@H](n2cnc3c([NH-])nc(C#CCN(C)C(=O)c4ccccc4)nc32)O[C@@H]1C(=O)N(C)C. The lowest BCUT2D eigenvalue weighted by Gasteiger charge is -2.23. The zero-order valence-electron chi connectivity index (χ0n) is 21.9. The molecule has 200 valence electrons. The highest BCUT2D eigenvalue weighted by Gasteiger charge is 2.50. The molecule has 1 aliphatic heterocycles. The number of likely N-dealkylation sites (N-methyl/N-ethyl adjacent to an activating group) is 1. The first-order valence-electron chi connectivity index (χ1n) is 12.0. The molecule has 4 rings (SSSR count). The first kappa shape index (κ1) is 27.0. The molecule has 1 fully saturated rings. The van der Waals surface area contributed by atoms with E-state index in [2.05, 4.69) is 26.8 Å². The molecule has 3 heterocycles. The lowest BCUT2D eigenvalue weighted by molar-refractivity contribution is -0.147. The summed E-state index contributed by atoms with van der Waals surface area (Å²) in [5.41, 5.74) is 9.46. The molecule has 0 bridgehead atoms. The Morgan fingerprint density at radius 2 is 1.89 bits per heavy atom. The van der Waals surface area contributed by atoms with Gasteiger partial charge in [-0.1, -0.05) is 24.1 Å². The van der Waals surface area contributed by atoms with E-state index in [0.717, 1.165) is 0 Å². The lowest BCUT2D eigenvalue weighted by Crippen LogP contribution is -2.44. The third-order valence-corrected chi connectivity index (χ3v) is 6.08. The van der Waals surface area contributed by atoms with E-state index >= 15 is 0 Å². The highest BCUT2D eigenvalue weighted by atomic mass is 16.6. The van der Waals surface area contributed by atoms with E-state index in [1.54, 1.807) is 50.0 Å². The quantitative estimate of drug-likeness (QED) is 0.432. The Labute approximate surface area is 220 Å². The number of aromatic nitrogens is 4. The topological polar surface area (TPSA) is 136 Å². The van der Waals surface area contributed by atoms with Gasteiger partial charge < -0.3 is 34.7 Å². The molecule has 2 amide bonds. The van der Waals surface area contributed by atoms with Crippen LogP contribution in [0.1, 0.15) is 29.3 Å². The van der Waals surface area contributed by atoms with E-state index in [9.17, 15) is 9.59 Å². The number of carbonyl (C=O) groups is 2. The molecule has 12 heteroatoms. The van der Waals surface area contributed by atoms with E-state index < -0.39 is 24.5 Å². The van der Waals surface area contributed by atoms with E-state index in [1.165, 1.54) is 23.2 Å². The van der Waals surface area contributed by atoms with Crippen LogP contribution in [0.5, 0.6) is 0 Å². The molecule has 4 atom stereocenters. The summed E-state index contributed by atoms with van der Waals surface area (Å²) in [6.07, 6.45) is -1.51. The minimum atomic E-state index is -0.897. The molecule has 1 N–H and O–H groups in total. The normalized spacial score (nSPS) is 20.7. The molecule has 0 saturated carbocycles. The van der Waals surface area contributed by atoms with Gasteiger partial charge in [0, 0.05) is 40.4 Å². The average molecular weight is 521 g/mol. The average Bonchev–Trinajstić information content (AvgIpc) is 3.49. The molecule has 3 aromatic rings. The van der Waals surface area contributed by atoms with Crippen molar-refractivity contribution in [1.82, 2.24) is 29.3 Å². The number of benzene rings is 1. The highest BCUT2D eigenvalue weighted by Crippen LogP contribution is 2.36. The Bertz CT molecular complexity index is 1360. The van der Waals surface area contributed by atoms with E-state index in [-0.39, 0.29) is 35.5 Å². The first-order chi connectivity index (χ1) is 18.3. The molecule has 1 aromatic carbocycles. The van der Waals surface area contributed by atoms with Crippen LogP contribution < -0.4 is 0 Å². The van der Waals surface area contributed by atoms with Crippen molar-refractivity contribution < 1.29 is 23.8 Å². The van der Waals surface area contributed by atoms with Gasteiger partial charge in [-0.2, -0.15) is 0 Å². The predicted octanol–water partition coefficient (Wildman–Crippen LogP) is 2.04. The standard InChI is InChI=1S/C26H30N7O5/c1-6-37-19-20(25(35)31(2)3)38-26(21(19)36-5)33-15-28-18-22(27)29-17(30-23(18)33)13-10-14-32(4)24(34)16-11-8-7-9-12-16/h7-9,11-12,15,19-21,26H,6,14H2,1-5H3,(H-,27,29,30)/q-1/t19-,20+,21-,26-/m1/s1. The van der Waals surface area contributed by atoms with Crippen LogP contribution in [0, 0.1) is 11.8 Å². The summed E-state index contributed by atoms with van der Waals surface area (Å²) < 4.78 is 19.3. The fraction of sp³-hybridized carbons (Fsp3) is 0.423. The second-order valence-electron chi connectivity index (χ2n) is 8.85. The largest absolute Gasteiger partial charge is 0.480 e. The molecule has 0 aliphatic carbocycles. The van der Waals surface area contributed by atoms with Gasteiger partial charge >= 0.3 is 0 Å². The van der Waals surface area contributed by atoms with Gasteiger partial charge in [-0.15, -0.1) is 0 Å². The molecule has 1 aliphatic rings. The molecule has 2 aromatic heterocycles. The number of hydrogen-bond acceptors (Lipinski definition) is 8. The number of carbonyl (C=O) groups excluding carboxylic acids is 2. The van der Waals surface area contributed by atoms with E-state index in [1.807, 2.05) is 13.0 Å². The number of methoxy groups -OCH3 is 1. The summed E-state index contributed by atoms with van der Waals surface area (Å²) in [7, 11) is 6.46. The molecule has 0 radical (unpaired) electrons.